The Kier molecular flexibility index (Phi) is 3.49. The molecule has 0 N–H and O–H groups in total. The van der Waals surface area contributed by atoms with Crippen molar-refractivity contribution in [2.45, 2.75) is 25.0 Å². The fourth-order valence-corrected chi connectivity index (χ4v) is 1.85. The molecule has 0 radical (unpaired) electrons. The van der Waals surface area contributed by atoms with Gasteiger partial charge in [0.15, 0.2) is 0 Å². The van der Waals surface area contributed by atoms with Crippen LogP contribution in [0.2, 0.25) is 0 Å². The number of hydrogen-bond acceptors (Lipinski definition) is 3. The first-order valence-corrected chi connectivity index (χ1v) is 4.67. The number of carbonyl (C=O) groups is 1. The molecule has 1 rings (SSSR count). The first kappa shape index (κ1) is 8.65. The molecule has 11 heavy (non-hydrogen) atoms. The van der Waals surface area contributed by atoms with Gasteiger partial charge in [-0.15, -0.1) is 11.8 Å². The van der Waals surface area contributed by atoms with E-state index in [1.165, 1.54) is 6.92 Å². The van der Waals surface area contributed by atoms with E-state index < -0.39 is 0 Å². The fraction of sp³-hybridized carbons (Fsp3) is 0.625. The van der Waals surface area contributed by atoms with E-state index in [0.717, 1.165) is 12.8 Å². The van der Waals surface area contributed by atoms with Crippen molar-refractivity contribution >= 4 is 17.7 Å². The second kappa shape index (κ2) is 4.44. The van der Waals surface area contributed by atoms with Crippen LogP contribution in [-0.2, 0) is 9.53 Å². The highest BCUT2D eigenvalue weighted by molar-refractivity contribution is 8.03. The van der Waals surface area contributed by atoms with E-state index in [-0.39, 0.29) is 5.97 Å². The van der Waals surface area contributed by atoms with Crippen molar-refractivity contribution in [3.05, 3.63) is 11.5 Å². The van der Waals surface area contributed by atoms with Crippen molar-refractivity contribution in [1.82, 2.24) is 0 Å². The molecule has 2 nitrogen and oxygen atoms in total. The summed E-state index contributed by atoms with van der Waals surface area (Å²) in [5.41, 5.74) is 0. The number of carbonyl (C=O) groups excluding carboxylic acids is 1. The van der Waals surface area contributed by atoms with Crippen molar-refractivity contribution < 1.29 is 9.53 Å². The van der Waals surface area contributed by atoms with E-state index in [4.69, 9.17) is 4.74 Å². The van der Waals surface area contributed by atoms with Crippen LogP contribution in [0.3, 0.4) is 0 Å². The molecule has 1 atom stereocenters. The van der Waals surface area contributed by atoms with Crippen molar-refractivity contribution in [3.63, 3.8) is 0 Å². The standard InChI is InChI=1S/C8H12O2S/c1-7(9)10-5-4-8-3-2-6-11-8/h2,6,8H,3-5H2,1H3. The average molecular weight is 172 g/mol. The van der Waals surface area contributed by atoms with Crippen LogP contribution < -0.4 is 0 Å². The molecule has 0 bridgehead atoms. The number of esters is 1. The number of thioether (sulfide) groups is 1. The van der Waals surface area contributed by atoms with Crippen LogP contribution in [0.4, 0.5) is 0 Å². The minimum absolute atomic E-state index is 0.180. The predicted molar refractivity (Wildman–Crippen MR) is 46.4 cm³/mol. The molecular weight excluding hydrogens is 160 g/mol. The molecule has 0 saturated heterocycles. The van der Waals surface area contributed by atoms with Gasteiger partial charge in [-0.3, -0.25) is 4.79 Å². The van der Waals surface area contributed by atoms with Crippen LogP contribution >= 0.6 is 11.8 Å². The first-order valence-electron chi connectivity index (χ1n) is 3.73. The molecule has 3 heteroatoms. The summed E-state index contributed by atoms with van der Waals surface area (Å²) in [6.45, 7) is 2.01. The Morgan fingerprint density at radius 1 is 1.82 bits per heavy atom. The smallest absolute Gasteiger partial charge is 0.302 e. The molecule has 0 saturated carbocycles. The van der Waals surface area contributed by atoms with Gasteiger partial charge in [0.2, 0.25) is 0 Å². The summed E-state index contributed by atoms with van der Waals surface area (Å²) in [4.78, 5) is 10.4. The molecule has 1 aliphatic rings. The maximum Gasteiger partial charge on any atom is 0.302 e. The SMILES string of the molecule is CC(=O)OCCC1CC=CS1. The van der Waals surface area contributed by atoms with Gasteiger partial charge >= 0.3 is 5.97 Å². The number of ether oxygens (including phenoxy) is 1. The Labute approximate surface area is 71.0 Å². The van der Waals surface area contributed by atoms with Gasteiger partial charge in [-0.2, -0.15) is 0 Å². The summed E-state index contributed by atoms with van der Waals surface area (Å²) in [7, 11) is 0. The zero-order valence-corrected chi connectivity index (χ0v) is 7.39. The van der Waals surface area contributed by atoms with Crippen LogP contribution in [0, 0.1) is 0 Å². The number of allylic oxidation sites excluding steroid dienone is 1. The van der Waals surface area contributed by atoms with Gasteiger partial charge in [0, 0.05) is 12.2 Å². The van der Waals surface area contributed by atoms with E-state index in [9.17, 15) is 4.79 Å². The normalized spacial score (nSPS) is 22.1. The molecule has 0 aliphatic carbocycles. The maximum absolute atomic E-state index is 10.4. The third kappa shape index (κ3) is 3.46. The summed E-state index contributed by atoms with van der Waals surface area (Å²) >= 11 is 1.82. The molecule has 0 aromatic rings. The molecule has 62 valence electrons. The van der Waals surface area contributed by atoms with Gasteiger partial charge < -0.3 is 4.74 Å². The second-order valence-electron chi connectivity index (χ2n) is 2.49. The zero-order chi connectivity index (χ0) is 8.10. The summed E-state index contributed by atoms with van der Waals surface area (Å²) in [6, 6.07) is 0. The third-order valence-corrected chi connectivity index (χ3v) is 2.67. The van der Waals surface area contributed by atoms with Gasteiger partial charge in [-0.05, 0) is 18.2 Å². The Balaban J connectivity index is 1.99. The number of hydrogen-bond donors (Lipinski definition) is 0. The van der Waals surface area contributed by atoms with Crippen LogP contribution in [-0.4, -0.2) is 17.8 Å². The van der Waals surface area contributed by atoms with Crippen molar-refractivity contribution in [2.24, 2.45) is 0 Å². The van der Waals surface area contributed by atoms with E-state index in [1.807, 2.05) is 11.8 Å². The lowest BCUT2D eigenvalue weighted by molar-refractivity contribution is -0.141. The van der Waals surface area contributed by atoms with Gasteiger partial charge in [0.05, 0.1) is 6.61 Å². The Hall–Kier alpha value is -0.440. The summed E-state index contributed by atoms with van der Waals surface area (Å²) < 4.78 is 4.82. The molecule has 1 unspecified atom stereocenters. The third-order valence-electron chi connectivity index (χ3n) is 1.51. The molecule has 0 spiro atoms. The fourth-order valence-electron chi connectivity index (χ4n) is 0.950. The molecule has 0 aromatic carbocycles. The van der Waals surface area contributed by atoms with Gasteiger partial charge in [0.1, 0.15) is 0 Å². The van der Waals surface area contributed by atoms with E-state index in [2.05, 4.69) is 11.5 Å². The quantitative estimate of drug-likeness (QED) is 0.609. The summed E-state index contributed by atoms with van der Waals surface area (Å²) in [5, 5.41) is 2.74. The molecule has 1 aliphatic heterocycles. The highest BCUT2D eigenvalue weighted by atomic mass is 32.2. The number of rotatable bonds is 3. The Morgan fingerprint density at radius 3 is 3.18 bits per heavy atom. The van der Waals surface area contributed by atoms with E-state index in [1.54, 1.807) is 0 Å². The minimum Gasteiger partial charge on any atom is -0.466 e. The molecule has 0 fully saturated rings. The lowest BCUT2D eigenvalue weighted by Gasteiger charge is -2.06. The average Bonchev–Trinajstić information content (AvgIpc) is 2.39. The second-order valence-corrected chi connectivity index (χ2v) is 3.71. The maximum atomic E-state index is 10.4. The van der Waals surface area contributed by atoms with Crippen molar-refractivity contribution in [2.75, 3.05) is 6.61 Å². The van der Waals surface area contributed by atoms with Crippen LogP contribution in [0.1, 0.15) is 19.8 Å². The summed E-state index contributed by atoms with van der Waals surface area (Å²) in [6.07, 6.45) is 4.24. The molecule has 0 amide bonds. The Morgan fingerprint density at radius 2 is 2.64 bits per heavy atom. The predicted octanol–water partition coefficient (Wildman–Crippen LogP) is 1.96. The van der Waals surface area contributed by atoms with Gasteiger partial charge in [-0.1, -0.05) is 6.08 Å². The summed E-state index contributed by atoms with van der Waals surface area (Å²) in [5.74, 6) is -0.180. The topological polar surface area (TPSA) is 26.3 Å². The molecular formula is C8H12O2S. The van der Waals surface area contributed by atoms with E-state index >= 15 is 0 Å². The highest BCUT2D eigenvalue weighted by Crippen LogP contribution is 2.26. The zero-order valence-electron chi connectivity index (χ0n) is 6.58. The van der Waals surface area contributed by atoms with Gasteiger partial charge in [-0.25, -0.2) is 0 Å². The Bertz CT molecular complexity index is 157. The van der Waals surface area contributed by atoms with Gasteiger partial charge in [0.25, 0.3) is 0 Å². The van der Waals surface area contributed by atoms with Crippen molar-refractivity contribution in [3.8, 4) is 0 Å². The van der Waals surface area contributed by atoms with Crippen LogP contribution in [0.15, 0.2) is 11.5 Å². The largest absolute Gasteiger partial charge is 0.466 e. The van der Waals surface area contributed by atoms with Crippen LogP contribution in [0.5, 0.6) is 0 Å². The lowest BCUT2D eigenvalue weighted by Crippen LogP contribution is -2.06. The molecule has 1 heterocycles. The van der Waals surface area contributed by atoms with E-state index in [0.29, 0.717) is 11.9 Å². The molecule has 0 aromatic heterocycles. The van der Waals surface area contributed by atoms with Crippen LogP contribution in [0.25, 0.3) is 0 Å². The minimum atomic E-state index is -0.180. The van der Waals surface area contributed by atoms with Crippen molar-refractivity contribution in [1.29, 1.82) is 0 Å². The lowest BCUT2D eigenvalue weighted by atomic mass is 10.2. The highest BCUT2D eigenvalue weighted by Gasteiger charge is 2.10. The first-order chi connectivity index (χ1) is 5.29. The monoisotopic (exact) mass is 172 g/mol.